The highest BCUT2D eigenvalue weighted by Gasteiger charge is 2.25. The third kappa shape index (κ3) is 5.74. The SMILES string of the molecule is COc1cccc(C(CNC(=O)C(C)NC(=O)c2ccc(Cl)cc2)N2CCCC2)c1. The van der Waals surface area contributed by atoms with Crippen molar-refractivity contribution in [1.82, 2.24) is 15.5 Å². The summed E-state index contributed by atoms with van der Waals surface area (Å²) in [5.74, 6) is 0.272. The van der Waals surface area contributed by atoms with Crippen molar-refractivity contribution >= 4 is 23.4 Å². The normalized spacial score (nSPS) is 16.0. The van der Waals surface area contributed by atoms with Crippen LogP contribution in [-0.4, -0.2) is 49.5 Å². The Balaban J connectivity index is 1.61. The van der Waals surface area contributed by atoms with Crippen molar-refractivity contribution in [3.63, 3.8) is 0 Å². The van der Waals surface area contributed by atoms with Gasteiger partial charge in [-0.2, -0.15) is 0 Å². The number of methoxy groups -OCH3 is 1. The van der Waals surface area contributed by atoms with Gasteiger partial charge in [0.2, 0.25) is 5.91 Å². The molecule has 1 aliphatic rings. The molecule has 1 heterocycles. The van der Waals surface area contributed by atoms with Crippen molar-refractivity contribution in [2.24, 2.45) is 0 Å². The van der Waals surface area contributed by atoms with Crippen LogP contribution >= 0.6 is 11.6 Å². The monoisotopic (exact) mass is 429 g/mol. The molecule has 160 valence electrons. The molecule has 0 bridgehead atoms. The van der Waals surface area contributed by atoms with E-state index < -0.39 is 6.04 Å². The van der Waals surface area contributed by atoms with Crippen LogP contribution in [0.4, 0.5) is 0 Å². The molecule has 6 nitrogen and oxygen atoms in total. The van der Waals surface area contributed by atoms with Crippen LogP contribution in [0.15, 0.2) is 48.5 Å². The Morgan fingerprint density at radius 3 is 2.50 bits per heavy atom. The summed E-state index contributed by atoms with van der Waals surface area (Å²) >= 11 is 5.86. The fraction of sp³-hybridized carbons (Fsp3) is 0.391. The number of ether oxygens (including phenoxy) is 1. The van der Waals surface area contributed by atoms with Crippen LogP contribution in [0.1, 0.15) is 41.7 Å². The third-order valence-corrected chi connectivity index (χ3v) is 5.63. The van der Waals surface area contributed by atoms with E-state index in [0.29, 0.717) is 17.1 Å². The first kappa shape index (κ1) is 22.1. The first-order valence-electron chi connectivity index (χ1n) is 10.2. The summed E-state index contributed by atoms with van der Waals surface area (Å²) in [4.78, 5) is 27.4. The number of halogens is 1. The Morgan fingerprint density at radius 1 is 1.13 bits per heavy atom. The second-order valence-electron chi connectivity index (χ2n) is 7.48. The molecule has 1 fully saturated rings. The second-order valence-corrected chi connectivity index (χ2v) is 7.92. The molecule has 0 saturated carbocycles. The largest absolute Gasteiger partial charge is 0.497 e. The molecule has 1 aliphatic heterocycles. The average molecular weight is 430 g/mol. The third-order valence-electron chi connectivity index (χ3n) is 5.38. The molecule has 0 aromatic heterocycles. The number of hydrogen-bond donors (Lipinski definition) is 2. The Hall–Kier alpha value is -2.57. The summed E-state index contributed by atoms with van der Waals surface area (Å²) in [7, 11) is 1.65. The van der Waals surface area contributed by atoms with Crippen LogP contribution in [0.25, 0.3) is 0 Å². The summed E-state index contributed by atoms with van der Waals surface area (Å²) in [6, 6.07) is 13.9. The summed E-state index contributed by atoms with van der Waals surface area (Å²) in [5, 5.41) is 6.30. The number of rotatable bonds is 8. The lowest BCUT2D eigenvalue weighted by atomic mass is 10.0. The van der Waals surface area contributed by atoms with E-state index in [2.05, 4.69) is 21.6 Å². The Labute approximate surface area is 182 Å². The Bertz CT molecular complexity index is 866. The summed E-state index contributed by atoms with van der Waals surface area (Å²) in [6.45, 7) is 4.15. The molecule has 2 aromatic rings. The molecule has 2 aromatic carbocycles. The highest BCUT2D eigenvalue weighted by molar-refractivity contribution is 6.30. The summed E-state index contributed by atoms with van der Waals surface area (Å²) < 4.78 is 5.36. The fourth-order valence-corrected chi connectivity index (χ4v) is 3.78. The van der Waals surface area contributed by atoms with Gasteiger partial charge >= 0.3 is 0 Å². The van der Waals surface area contributed by atoms with Crippen molar-refractivity contribution in [2.45, 2.75) is 31.8 Å². The predicted molar refractivity (Wildman–Crippen MR) is 118 cm³/mol. The molecule has 2 N–H and O–H groups in total. The van der Waals surface area contributed by atoms with Gasteiger partial charge in [-0.1, -0.05) is 23.7 Å². The molecular weight excluding hydrogens is 402 g/mol. The number of nitrogens with zero attached hydrogens (tertiary/aromatic N) is 1. The van der Waals surface area contributed by atoms with Gasteiger partial charge in [0.15, 0.2) is 0 Å². The molecule has 2 atom stereocenters. The van der Waals surface area contributed by atoms with Gasteiger partial charge in [-0.05, 0) is 74.8 Å². The van der Waals surface area contributed by atoms with E-state index in [1.54, 1.807) is 38.3 Å². The van der Waals surface area contributed by atoms with Gasteiger partial charge < -0.3 is 15.4 Å². The quantitative estimate of drug-likeness (QED) is 0.674. The molecule has 7 heteroatoms. The van der Waals surface area contributed by atoms with Gasteiger partial charge in [0.05, 0.1) is 13.2 Å². The van der Waals surface area contributed by atoms with E-state index in [1.807, 2.05) is 18.2 Å². The van der Waals surface area contributed by atoms with Gasteiger partial charge in [-0.15, -0.1) is 0 Å². The molecule has 0 spiro atoms. The predicted octanol–water partition coefficient (Wildman–Crippen LogP) is 3.42. The van der Waals surface area contributed by atoms with E-state index in [-0.39, 0.29) is 17.9 Å². The maximum atomic E-state index is 12.6. The summed E-state index contributed by atoms with van der Waals surface area (Å²) in [5.41, 5.74) is 1.57. The zero-order valence-corrected chi connectivity index (χ0v) is 18.1. The molecule has 0 radical (unpaired) electrons. The molecule has 3 rings (SSSR count). The molecule has 30 heavy (non-hydrogen) atoms. The average Bonchev–Trinajstić information content (AvgIpc) is 3.28. The van der Waals surface area contributed by atoms with E-state index in [0.717, 1.165) is 37.2 Å². The first-order valence-corrected chi connectivity index (χ1v) is 10.6. The van der Waals surface area contributed by atoms with Crippen LogP contribution in [0, 0.1) is 0 Å². The number of hydrogen-bond acceptors (Lipinski definition) is 4. The van der Waals surface area contributed by atoms with E-state index >= 15 is 0 Å². The van der Waals surface area contributed by atoms with Crippen molar-refractivity contribution < 1.29 is 14.3 Å². The van der Waals surface area contributed by atoms with Crippen molar-refractivity contribution in [3.8, 4) is 5.75 Å². The number of carbonyl (C=O) groups excluding carboxylic acids is 2. The van der Waals surface area contributed by atoms with Crippen LogP contribution < -0.4 is 15.4 Å². The van der Waals surface area contributed by atoms with Crippen molar-refractivity contribution in [1.29, 1.82) is 0 Å². The maximum Gasteiger partial charge on any atom is 0.251 e. The smallest absolute Gasteiger partial charge is 0.251 e. The topological polar surface area (TPSA) is 70.7 Å². The highest BCUT2D eigenvalue weighted by Crippen LogP contribution is 2.27. The molecule has 1 saturated heterocycles. The van der Waals surface area contributed by atoms with Crippen LogP contribution in [0.3, 0.4) is 0 Å². The fourth-order valence-electron chi connectivity index (χ4n) is 3.66. The van der Waals surface area contributed by atoms with Crippen LogP contribution in [0.2, 0.25) is 5.02 Å². The van der Waals surface area contributed by atoms with Gasteiger partial charge in [0.25, 0.3) is 5.91 Å². The number of amides is 2. The Morgan fingerprint density at radius 2 is 1.83 bits per heavy atom. The number of carbonyl (C=O) groups is 2. The minimum atomic E-state index is -0.655. The zero-order valence-electron chi connectivity index (χ0n) is 17.4. The minimum absolute atomic E-state index is 0.0608. The van der Waals surface area contributed by atoms with Crippen molar-refractivity contribution in [2.75, 3.05) is 26.7 Å². The molecule has 2 unspecified atom stereocenters. The standard InChI is InChI=1S/C23H28ClN3O3/c1-16(26-23(29)17-8-10-19(24)11-9-17)22(28)25-15-21(27-12-3-4-13-27)18-6-5-7-20(14-18)30-2/h5-11,14,16,21H,3-4,12-13,15H2,1-2H3,(H,25,28)(H,26,29). The van der Waals surface area contributed by atoms with Crippen LogP contribution in [-0.2, 0) is 4.79 Å². The van der Waals surface area contributed by atoms with Crippen LogP contribution in [0.5, 0.6) is 5.75 Å². The summed E-state index contributed by atoms with van der Waals surface area (Å²) in [6.07, 6.45) is 2.31. The van der Waals surface area contributed by atoms with E-state index in [1.165, 1.54) is 0 Å². The lowest BCUT2D eigenvalue weighted by molar-refractivity contribution is -0.122. The maximum absolute atomic E-state index is 12.6. The van der Waals surface area contributed by atoms with Gasteiger partial charge in [0.1, 0.15) is 11.8 Å². The lowest BCUT2D eigenvalue weighted by Crippen LogP contribution is -2.47. The second kappa shape index (κ2) is 10.5. The first-order chi connectivity index (χ1) is 14.5. The molecular formula is C23H28ClN3O3. The van der Waals surface area contributed by atoms with Gasteiger partial charge in [0, 0.05) is 17.1 Å². The Kier molecular flexibility index (Phi) is 7.71. The number of nitrogens with one attached hydrogen (secondary N) is 2. The van der Waals surface area contributed by atoms with E-state index in [9.17, 15) is 9.59 Å². The van der Waals surface area contributed by atoms with E-state index in [4.69, 9.17) is 16.3 Å². The molecule has 2 amide bonds. The zero-order chi connectivity index (χ0) is 21.5. The highest BCUT2D eigenvalue weighted by atomic mass is 35.5. The van der Waals surface area contributed by atoms with Crippen molar-refractivity contribution in [3.05, 3.63) is 64.7 Å². The van der Waals surface area contributed by atoms with Gasteiger partial charge in [-0.3, -0.25) is 14.5 Å². The minimum Gasteiger partial charge on any atom is -0.497 e. The lowest BCUT2D eigenvalue weighted by Gasteiger charge is -2.29. The number of likely N-dealkylation sites (tertiary alicyclic amines) is 1. The van der Waals surface area contributed by atoms with Gasteiger partial charge in [-0.25, -0.2) is 0 Å². The molecule has 0 aliphatic carbocycles. The number of benzene rings is 2.